The van der Waals surface area contributed by atoms with Crippen molar-refractivity contribution in [3.63, 3.8) is 0 Å². The first-order valence-electron chi connectivity index (χ1n) is 6.92. The van der Waals surface area contributed by atoms with Crippen molar-refractivity contribution in [2.75, 3.05) is 46.2 Å². The minimum Gasteiger partial charge on any atom is -0.454 e. The molecule has 2 heterocycles. The molecule has 0 atom stereocenters. The number of nitrogens with zero attached hydrogens (tertiary/aromatic N) is 1. The van der Waals surface area contributed by atoms with Crippen LogP contribution >= 0.6 is 15.9 Å². The Hall–Kier alpha value is -0.820. The van der Waals surface area contributed by atoms with Gasteiger partial charge in [0.2, 0.25) is 6.79 Å². The molecule has 1 aromatic rings. The molecule has 20 heavy (non-hydrogen) atoms. The van der Waals surface area contributed by atoms with E-state index in [9.17, 15) is 0 Å². The normalized spacial score (nSPS) is 18.4. The second-order valence-corrected chi connectivity index (χ2v) is 5.80. The van der Waals surface area contributed by atoms with Crippen LogP contribution in [0.2, 0.25) is 0 Å². The van der Waals surface area contributed by atoms with Gasteiger partial charge in [-0.25, -0.2) is 0 Å². The van der Waals surface area contributed by atoms with E-state index in [1.165, 1.54) is 5.56 Å². The molecule has 0 unspecified atom stereocenters. The minimum atomic E-state index is 0.307. The molecule has 1 N–H and O–H groups in total. The lowest BCUT2D eigenvalue weighted by atomic mass is 10.2. The maximum absolute atomic E-state index is 5.42. The Bertz CT molecular complexity index is 464. The van der Waals surface area contributed by atoms with Gasteiger partial charge in [-0.05, 0) is 33.6 Å². The van der Waals surface area contributed by atoms with E-state index in [-0.39, 0.29) is 0 Å². The highest BCUT2D eigenvalue weighted by Gasteiger charge is 2.17. The van der Waals surface area contributed by atoms with Gasteiger partial charge in [0.1, 0.15) is 0 Å². The van der Waals surface area contributed by atoms with Gasteiger partial charge in [-0.15, -0.1) is 0 Å². The maximum atomic E-state index is 5.42. The molecule has 2 aliphatic heterocycles. The average Bonchev–Trinajstić information content (AvgIpc) is 2.94. The van der Waals surface area contributed by atoms with Gasteiger partial charge in [0.05, 0.1) is 17.7 Å². The van der Waals surface area contributed by atoms with Crippen LogP contribution in [0.3, 0.4) is 0 Å². The first-order chi connectivity index (χ1) is 9.83. The lowest BCUT2D eigenvalue weighted by Crippen LogP contribution is -2.40. The predicted molar refractivity (Wildman–Crippen MR) is 79.2 cm³/mol. The van der Waals surface area contributed by atoms with Crippen molar-refractivity contribution in [2.45, 2.75) is 6.54 Å². The molecular weight excluding hydrogens is 324 g/mol. The summed E-state index contributed by atoms with van der Waals surface area (Å²) in [5.74, 6) is 1.63. The number of halogens is 1. The fourth-order valence-corrected chi connectivity index (χ4v) is 3.02. The summed E-state index contributed by atoms with van der Waals surface area (Å²) >= 11 is 3.51. The largest absolute Gasteiger partial charge is 0.454 e. The monoisotopic (exact) mass is 342 g/mol. The van der Waals surface area contributed by atoms with Crippen LogP contribution in [0.5, 0.6) is 11.5 Å². The van der Waals surface area contributed by atoms with Crippen LogP contribution in [-0.4, -0.2) is 51.1 Å². The molecule has 0 saturated carbocycles. The summed E-state index contributed by atoms with van der Waals surface area (Å²) in [4.78, 5) is 2.42. The predicted octanol–water partition coefficient (Wildman–Crippen LogP) is 1.60. The van der Waals surface area contributed by atoms with Crippen LogP contribution in [0.1, 0.15) is 5.56 Å². The number of fused-ring (bicyclic) bond motifs is 1. The lowest BCUT2D eigenvalue weighted by molar-refractivity contribution is 0.0384. The maximum Gasteiger partial charge on any atom is 0.231 e. The van der Waals surface area contributed by atoms with Crippen LogP contribution in [0.15, 0.2) is 16.6 Å². The first-order valence-corrected chi connectivity index (χ1v) is 7.71. The summed E-state index contributed by atoms with van der Waals surface area (Å²) in [7, 11) is 0. The molecule has 0 aromatic heterocycles. The summed E-state index contributed by atoms with van der Waals surface area (Å²) < 4.78 is 17.1. The first kappa shape index (κ1) is 14.1. The van der Waals surface area contributed by atoms with Gasteiger partial charge in [0, 0.05) is 32.7 Å². The molecule has 0 amide bonds. The van der Waals surface area contributed by atoms with Crippen molar-refractivity contribution in [3.8, 4) is 11.5 Å². The van der Waals surface area contributed by atoms with E-state index in [2.05, 4.69) is 32.2 Å². The highest BCUT2D eigenvalue weighted by molar-refractivity contribution is 9.10. The molecule has 0 aliphatic carbocycles. The molecular formula is C14H19BrN2O3. The number of hydrogen-bond acceptors (Lipinski definition) is 5. The quantitative estimate of drug-likeness (QED) is 0.823. The third-order valence-corrected chi connectivity index (χ3v) is 4.11. The number of nitrogens with one attached hydrogen (secondary N) is 1. The fourth-order valence-electron chi connectivity index (χ4n) is 2.42. The van der Waals surface area contributed by atoms with Crippen molar-refractivity contribution in [1.29, 1.82) is 0 Å². The Labute approximate surface area is 127 Å². The summed E-state index contributed by atoms with van der Waals surface area (Å²) in [5, 5.41) is 3.47. The van der Waals surface area contributed by atoms with E-state index < -0.39 is 0 Å². The van der Waals surface area contributed by atoms with E-state index in [1.54, 1.807) is 0 Å². The van der Waals surface area contributed by atoms with E-state index >= 15 is 0 Å². The molecule has 0 spiro atoms. The SMILES string of the molecule is Brc1cc(CNCCN2CCOCC2)cc2c1OCO2. The average molecular weight is 343 g/mol. The number of morpholine rings is 1. The van der Waals surface area contributed by atoms with Crippen LogP contribution in [0.4, 0.5) is 0 Å². The second kappa shape index (κ2) is 6.76. The van der Waals surface area contributed by atoms with E-state index in [1.807, 2.05) is 6.07 Å². The Morgan fingerprint density at radius 3 is 2.90 bits per heavy atom. The highest BCUT2D eigenvalue weighted by atomic mass is 79.9. The minimum absolute atomic E-state index is 0.307. The number of benzene rings is 1. The van der Waals surface area contributed by atoms with Gasteiger partial charge in [-0.1, -0.05) is 0 Å². The van der Waals surface area contributed by atoms with Crippen molar-refractivity contribution < 1.29 is 14.2 Å². The lowest BCUT2D eigenvalue weighted by Gasteiger charge is -2.26. The Morgan fingerprint density at radius 2 is 2.05 bits per heavy atom. The van der Waals surface area contributed by atoms with E-state index in [0.717, 1.165) is 61.9 Å². The van der Waals surface area contributed by atoms with Gasteiger partial charge in [-0.2, -0.15) is 0 Å². The molecule has 5 nitrogen and oxygen atoms in total. The Morgan fingerprint density at radius 1 is 1.20 bits per heavy atom. The fraction of sp³-hybridized carbons (Fsp3) is 0.571. The molecule has 1 saturated heterocycles. The van der Waals surface area contributed by atoms with Gasteiger partial charge >= 0.3 is 0 Å². The van der Waals surface area contributed by atoms with Crippen molar-refractivity contribution in [3.05, 3.63) is 22.2 Å². The van der Waals surface area contributed by atoms with Gasteiger partial charge in [0.25, 0.3) is 0 Å². The number of hydrogen-bond donors (Lipinski definition) is 1. The third kappa shape index (κ3) is 3.44. The molecule has 110 valence electrons. The van der Waals surface area contributed by atoms with Gasteiger partial charge < -0.3 is 19.5 Å². The Kier molecular flexibility index (Phi) is 4.77. The van der Waals surface area contributed by atoms with Gasteiger partial charge in [0.15, 0.2) is 11.5 Å². The molecule has 3 rings (SSSR count). The zero-order chi connectivity index (χ0) is 13.8. The summed E-state index contributed by atoms with van der Waals surface area (Å²) in [5.41, 5.74) is 1.20. The summed E-state index contributed by atoms with van der Waals surface area (Å²) in [6.07, 6.45) is 0. The van der Waals surface area contributed by atoms with Crippen molar-refractivity contribution in [1.82, 2.24) is 10.2 Å². The molecule has 2 aliphatic rings. The zero-order valence-corrected chi connectivity index (χ0v) is 12.9. The molecule has 1 aromatic carbocycles. The molecule has 1 fully saturated rings. The van der Waals surface area contributed by atoms with E-state index in [4.69, 9.17) is 14.2 Å². The second-order valence-electron chi connectivity index (χ2n) is 4.94. The molecule has 0 bridgehead atoms. The summed E-state index contributed by atoms with van der Waals surface area (Å²) in [6.45, 7) is 6.97. The van der Waals surface area contributed by atoms with Crippen LogP contribution in [0.25, 0.3) is 0 Å². The van der Waals surface area contributed by atoms with E-state index in [0.29, 0.717) is 6.79 Å². The van der Waals surface area contributed by atoms with Crippen molar-refractivity contribution in [2.24, 2.45) is 0 Å². The molecule has 0 radical (unpaired) electrons. The van der Waals surface area contributed by atoms with Crippen molar-refractivity contribution >= 4 is 15.9 Å². The Balaban J connectivity index is 1.45. The molecule has 6 heteroatoms. The summed E-state index contributed by atoms with van der Waals surface area (Å²) in [6, 6.07) is 4.12. The zero-order valence-electron chi connectivity index (χ0n) is 11.4. The standard InChI is InChI=1S/C14H19BrN2O3/c15-12-7-11(8-13-14(12)20-10-19-13)9-16-1-2-17-3-5-18-6-4-17/h7-8,16H,1-6,9-10H2. The number of rotatable bonds is 5. The van der Waals surface area contributed by atoms with Gasteiger partial charge in [-0.3, -0.25) is 4.90 Å². The smallest absolute Gasteiger partial charge is 0.231 e. The van der Waals surface area contributed by atoms with Crippen LogP contribution < -0.4 is 14.8 Å². The van der Waals surface area contributed by atoms with Crippen LogP contribution in [0, 0.1) is 0 Å². The number of ether oxygens (including phenoxy) is 3. The third-order valence-electron chi connectivity index (χ3n) is 3.52. The highest BCUT2D eigenvalue weighted by Crippen LogP contribution is 2.39. The topological polar surface area (TPSA) is 43.0 Å². The van der Waals surface area contributed by atoms with Crippen LogP contribution in [-0.2, 0) is 11.3 Å².